The van der Waals surface area contributed by atoms with Crippen molar-refractivity contribution in [2.45, 2.75) is 38.2 Å². The molecule has 4 rings (SSSR count). The monoisotopic (exact) mass is 327 g/mol. The Bertz CT molecular complexity index is 714. The van der Waals surface area contributed by atoms with Crippen molar-refractivity contribution in [3.63, 3.8) is 0 Å². The average molecular weight is 327 g/mol. The first kappa shape index (κ1) is 15.4. The molecule has 1 aromatic heterocycles. The zero-order valence-electron chi connectivity index (χ0n) is 13.7. The highest BCUT2D eigenvalue weighted by atomic mass is 16.5. The Balaban J connectivity index is 1.57. The van der Waals surface area contributed by atoms with Gasteiger partial charge in [0.25, 0.3) is 0 Å². The van der Waals surface area contributed by atoms with E-state index in [1.54, 1.807) is 0 Å². The van der Waals surface area contributed by atoms with Crippen molar-refractivity contribution >= 4 is 5.97 Å². The number of ether oxygens (including phenoxy) is 2. The third-order valence-corrected chi connectivity index (χ3v) is 4.74. The topological polar surface area (TPSA) is 61.6 Å². The summed E-state index contributed by atoms with van der Waals surface area (Å²) in [6.07, 6.45) is 2.83. The van der Waals surface area contributed by atoms with E-state index in [1.807, 2.05) is 37.3 Å². The maximum absolute atomic E-state index is 12.6. The standard InChI is InChI=1S/C19H21NO4/c1-12(15-9-10-22-11-15)23-19(21)16-17(13-7-8-13)24-18(20-16)14-5-3-2-4-6-14/h2-6,12-13,15H,7-11H2,1H3. The summed E-state index contributed by atoms with van der Waals surface area (Å²) in [5.41, 5.74) is 1.21. The first-order chi connectivity index (χ1) is 11.7. The molecule has 1 saturated heterocycles. The number of benzene rings is 1. The van der Waals surface area contributed by atoms with E-state index < -0.39 is 0 Å². The van der Waals surface area contributed by atoms with Gasteiger partial charge in [0.05, 0.1) is 6.61 Å². The van der Waals surface area contributed by atoms with Gasteiger partial charge in [0.1, 0.15) is 11.9 Å². The minimum Gasteiger partial charge on any atom is -0.457 e. The van der Waals surface area contributed by atoms with E-state index in [0.29, 0.717) is 29.9 Å². The van der Waals surface area contributed by atoms with E-state index in [4.69, 9.17) is 13.9 Å². The van der Waals surface area contributed by atoms with Gasteiger partial charge in [-0.25, -0.2) is 9.78 Å². The van der Waals surface area contributed by atoms with Crippen LogP contribution in [0.25, 0.3) is 11.5 Å². The smallest absolute Gasteiger partial charge is 0.360 e. The van der Waals surface area contributed by atoms with Gasteiger partial charge in [-0.15, -0.1) is 0 Å². The molecule has 0 bridgehead atoms. The molecule has 1 aromatic carbocycles. The first-order valence-electron chi connectivity index (χ1n) is 8.57. The van der Waals surface area contributed by atoms with E-state index in [1.165, 1.54) is 0 Å². The van der Waals surface area contributed by atoms with Crippen LogP contribution in [0.1, 0.15) is 48.4 Å². The molecular weight excluding hydrogens is 306 g/mol. The summed E-state index contributed by atoms with van der Waals surface area (Å²) in [6, 6.07) is 9.65. The molecule has 1 aliphatic carbocycles. The number of nitrogens with zero attached hydrogens (tertiary/aromatic N) is 1. The molecule has 1 saturated carbocycles. The van der Waals surface area contributed by atoms with E-state index in [0.717, 1.165) is 31.4 Å². The number of aromatic nitrogens is 1. The van der Waals surface area contributed by atoms with E-state index >= 15 is 0 Å². The maximum atomic E-state index is 12.6. The Hall–Kier alpha value is -2.14. The van der Waals surface area contributed by atoms with E-state index in [9.17, 15) is 4.79 Å². The van der Waals surface area contributed by atoms with Crippen molar-refractivity contribution in [2.24, 2.45) is 5.92 Å². The lowest BCUT2D eigenvalue weighted by atomic mass is 10.0. The van der Waals surface area contributed by atoms with Crippen LogP contribution in [0.3, 0.4) is 0 Å². The van der Waals surface area contributed by atoms with Crippen LogP contribution in [0.4, 0.5) is 0 Å². The van der Waals surface area contributed by atoms with Crippen LogP contribution in [0.5, 0.6) is 0 Å². The average Bonchev–Trinajstić information content (AvgIpc) is 3.14. The van der Waals surface area contributed by atoms with Crippen molar-refractivity contribution in [3.8, 4) is 11.5 Å². The van der Waals surface area contributed by atoms with Crippen LogP contribution in [0.15, 0.2) is 34.7 Å². The molecule has 2 atom stereocenters. The van der Waals surface area contributed by atoms with Gasteiger partial charge in [0, 0.05) is 24.0 Å². The molecule has 5 heteroatoms. The molecule has 2 fully saturated rings. The van der Waals surface area contributed by atoms with Gasteiger partial charge in [0.15, 0.2) is 5.69 Å². The predicted molar refractivity (Wildman–Crippen MR) is 87.7 cm³/mol. The zero-order valence-corrected chi connectivity index (χ0v) is 13.7. The number of esters is 1. The molecule has 1 aliphatic heterocycles. The van der Waals surface area contributed by atoms with E-state index in [2.05, 4.69) is 4.98 Å². The lowest BCUT2D eigenvalue weighted by Crippen LogP contribution is -2.25. The highest BCUT2D eigenvalue weighted by molar-refractivity contribution is 5.89. The van der Waals surface area contributed by atoms with Crippen LogP contribution < -0.4 is 0 Å². The lowest BCUT2D eigenvalue weighted by molar-refractivity contribution is 0.0172. The lowest BCUT2D eigenvalue weighted by Gasteiger charge is -2.17. The number of carbonyl (C=O) groups excluding carboxylic acids is 1. The molecule has 0 N–H and O–H groups in total. The minimum absolute atomic E-state index is 0.177. The Morgan fingerprint density at radius 3 is 2.71 bits per heavy atom. The Morgan fingerprint density at radius 2 is 2.04 bits per heavy atom. The minimum atomic E-state index is -0.387. The number of carbonyl (C=O) groups is 1. The van der Waals surface area contributed by atoms with Gasteiger partial charge in [-0.3, -0.25) is 0 Å². The highest BCUT2D eigenvalue weighted by Crippen LogP contribution is 2.43. The second kappa shape index (κ2) is 6.40. The molecule has 2 unspecified atom stereocenters. The molecule has 0 radical (unpaired) electrons. The van der Waals surface area contributed by atoms with Crippen LogP contribution in [-0.2, 0) is 9.47 Å². The number of hydrogen-bond donors (Lipinski definition) is 0. The van der Waals surface area contributed by atoms with Crippen molar-refractivity contribution < 1.29 is 18.7 Å². The fourth-order valence-electron chi connectivity index (χ4n) is 3.05. The molecule has 2 aromatic rings. The van der Waals surface area contributed by atoms with Crippen molar-refractivity contribution in [2.75, 3.05) is 13.2 Å². The van der Waals surface area contributed by atoms with Crippen LogP contribution in [-0.4, -0.2) is 30.3 Å². The maximum Gasteiger partial charge on any atom is 0.360 e. The van der Waals surface area contributed by atoms with Gasteiger partial charge in [-0.2, -0.15) is 0 Å². The SMILES string of the molecule is CC(OC(=O)c1nc(-c2ccccc2)oc1C1CC1)C1CCOC1. The summed E-state index contributed by atoms with van der Waals surface area (Å²) in [6.45, 7) is 3.31. The summed E-state index contributed by atoms with van der Waals surface area (Å²) < 4.78 is 16.9. The second-order valence-corrected chi connectivity index (χ2v) is 6.61. The molecule has 2 heterocycles. The highest BCUT2D eigenvalue weighted by Gasteiger charge is 2.36. The molecule has 2 aliphatic rings. The van der Waals surface area contributed by atoms with Crippen LogP contribution in [0.2, 0.25) is 0 Å². The summed E-state index contributed by atoms with van der Waals surface area (Å²) in [5.74, 6) is 1.33. The number of rotatable bonds is 5. The summed E-state index contributed by atoms with van der Waals surface area (Å²) in [5, 5.41) is 0. The van der Waals surface area contributed by atoms with Crippen molar-refractivity contribution in [3.05, 3.63) is 41.8 Å². The quantitative estimate of drug-likeness (QED) is 0.782. The van der Waals surface area contributed by atoms with Gasteiger partial charge in [-0.1, -0.05) is 18.2 Å². The number of hydrogen-bond acceptors (Lipinski definition) is 5. The predicted octanol–water partition coefficient (Wildman–Crippen LogP) is 3.80. The first-order valence-corrected chi connectivity index (χ1v) is 8.57. The third kappa shape index (κ3) is 3.08. The largest absolute Gasteiger partial charge is 0.457 e. The van der Waals surface area contributed by atoms with Gasteiger partial charge < -0.3 is 13.9 Å². The van der Waals surface area contributed by atoms with E-state index in [-0.39, 0.29) is 18.0 Å². The summed E-state index contributed by atoms with van der Waals surface area (Å²) >= 11 is 0. The zero-order chi connectivity index (χ0) is 16.5. The normalized spacial score (nSPS) is 21.6. The van der Waals surface area contributed by atoms with Gasteiger partial charge in [-0.05, 0) is 38.3 Å². The third-order valence-electron chi connectivity index (χ3n) is 4.74. The molecule has 5 nitrogen and oxygen atoms in total. The Kier molecular flexibility index (Phi) is 4.10. The molecule has 24 heavy (non-hydrogen) atoms. The molecule has 126 valence electrons. The van der Waals surface area contributed by atoms with Gasteiger partial charge >= 0.3 is 5.97 Å². The Morgan fingerprint density at radius 1 is 1.25 bits per heavy atom. The number of oxazole rings is 1. The van der Waals surface area contributed by atoms with Crippen LogP contribution >= 0.6 is 0 Å². The van der Waals surface area contributed by atoms with Crippen LogP contribution in [0, 0.1) is 5.92 Å². The second-order valence-electron chi connectivity index (χ2n) is 6.61. The summed E-state index contributed by atoms with van der Waals surface area (Å²) in [7, 11) is 0. The molecule has 0 amide bonds. The summed E-state index contributed by atoms with van der Waals surface area (Å²) in [4.78, 5) is 17.1. The fourth-order valence-corrected chi connectivity index (χ4v) is 3.05. The van der Waals surface area contributed by atoms with Crippen molar-refractivity contribution in [1.29, 1.82) is 0 Å². The molecule has 0 spiro atoms. The molecular formula is C19H21NO4. The van der Waals surface area contributed by atoms with Crippen molar-refractivity contribution in [1.82, 2.24) is 4.98 Å². The van der Waals surface area contributed by atoms with Gasteiger partial charge in [0.2, 0.25) is 5.89 Å². The fraction of sp³-hybridized carbons (Fsp3) is 0.474. The Labute approximate surface area is 141 Å².